The fourth-order valence-corrected chi connectivity index (χ4v) is 1.97. The second-order valence-corrected chi connectivity index (χ2v) is 4.14. The Bertz CT molecular complexity index is 543. The van der Waals surface area contributed by atoms with E-state index in [1.807, 2.05) is 18.2 Å². The zero-order chi connectivity index (χ0) is 13.0. The fourth-order valence-electron chi connectivity index (χ4n) is 1.84. The van der Waals surface area contributed by atoms with Crippen LogP contribution in [0.3, 0.4) is 0 Å². The number of benzene rings is 1. The van der Waals surface area contributed by atoms with Gasteiger partial charge in [-0.1, -0.05) is 6.92 Å². The van der Waals surface area contributed by atoms with Gasteiger partial charge in [0.05, 0.1) is 18.7 Å². The molecule has 0 N–H and O–H groups in total. The molecule has 1 aromatic heterocycles. The Kier molecular flexibility index (Phi) is 4.15. The predicted molar refractivity (Wildman–Crippen MR) is 73.0 cm³/mol. The highest BCUT2D eigenvalue weighted by atomic mass is 35.5. The average molecular weight is 263 g/mol. The number of alkyl halides is 1. The number of halogens is 1. The summed E-state index contributed by atoms with van der Waals surface area (Å²) in [6, 6.07) is 7.95. The van der Waals surface area contributed by atoms with Crippen molar-refractivity contribution in [3.8, 4) is 17.0 Å². The molecule has 18 heavy (non-hydrogen) atoms. The molecule has 0 aliphatic rings. The molecule has 2 aromatic rings. The average Bonchev–Trinajstić information content (AvgIpc) is 2.46. The van der Waals surface area contributed by atoms with E-state index in [9.17, 15) is 0 Å². The lowest BCUT2D eigenvalue weighted by Crippen LogP contribution is -1.95. The molecule has 0 aliphatic heterocycles. The highest BCUT2D eigenvalue weighted by Gasteiger charge is 2.06. The van der Waals surface area contributed by atoms with Crippen molar-refractivity contribution >= 4 is 11.6 Å². The van der Waals surface area contributed by atoms with Crippen LogP contribution < -0.4 is 4.74 Å². The molecule has 0 saturated carbocycles. The van der Waals surface area contributed by atoms with Crippen molar-refractivity contribution in [1.29, 1.82) is 0 Å². The normalized spacial score (nSPS) is 10.4. The molecule has 0 aliphatic carbocycles. The summed E-state index contributed by atoms with van der Waals surface area (Å²) >= 11 is 5.75. The van der Waals surface area contributed by atoms with Gasteiger partial charge in [-0.25, -0.2) is 9.97 Å². The van der Waals surface area contributed by atoms with Crippen LogP contribution in [-0.2, 0) is 12.3 Å². The summed E-state index contributed by atoms with van der Waals surface area (Å²) in [6.45, 7) is 2.10. The van der Waals surface area contributed by atoms with Crippen LogP contribution >= 0.6 is 11.6 Å². The van der Waals surface area contributed by atoms with Gasteiger partial charge in [0.15, 0.2) is 0 Å². The largest absolute Gasteiger partial charge is 0.496 e. The molecule has 0 amide bonds. The minimum absolute atomic E-state index is 0.324. The number of aromatic nitrogens is 2. The van der Waals surface area contributed by atoms with Crippen LogP contribution in [0.15, 0.2) is 30.5 Å². The van der Waals surface area contributed by atoms with Crippen LogP contribution in [0.1, 0.15) is 18.3 Å². The van der Waals surface area contributed by atoms with Crippen LogP contribution in [0.5, 0.6) is 5.75 Å². The lowest BCUT2D eigenvalue weighted by molar-refractivity contribution is 0.410. The highest BCUT2D eigenvalue weighted by Crippen LogP contribution is 2.25. The first kappa shape index (κ1) is 12.8. The van der Waals surface area contributed by atoms with Crippen molar-refractivity contribution in [3.63, 3.8) is 0 Å². The summed E-state index contributed by atoms with van der Waals surface area (Å²) in [5.74, 6) is 1.88. The van der Waals surface area contributed by atoms with Crippen molar-refractivity contribution in [2.24, 2.45) is 0 Å². The van der Waals surface area contributed by atoms with Crippen molar-refractivity contribution in [2.45, 2.75) is 19.2 Å². The third-order valence-electron chi connectivity index (χ3n) is 2.78. The molecule has 0 spiro atoms. The van der Waals surface area contributed by atoms with E-state index in [1.54, 1.807) is 13.3 Å². The van der Waals surface area contributed by atoms with Gasteiger partial charge in [-0.2, -0.15) is 0 Å². The predicted octanol–water partition coefficient (Wildman–Crippen LogP) is 3.45. The molecular formula is C14H15ClN2O. The van der Waals surface area contributed by atoms with E-state index >= 15 is 0 Å². The highest BCUT2D eigenvalue weighted by molar-refractivity contribution is 6.16. The zero-order valence-corrected chi connectivity index (χ0v) is 11.2. The van der Waals surface area contributed by atoms with Gasteiger partial charge in [0, 0.05) is 11.8 Å². The summed E-state index contributed by atoms with van der Waals surface area (Å²) in [7, 11) is 1.68. The van der Waals surface area contributed by atoms with E-state index in [4.69, 9.17) is 16.3 Å². The standard InChI is InChI=1S/C14H15ClN2O/c1-3-10-8-11(4-5-13(10)18-2)12-6-7-16-14(9-15)17-12/h4-8H,3,9H2,1-2H3. The third-order valence-corrected chi connectivity index (χ3v) is 3.02. The van der Waals surface area contributed by atoms with Gasteiger partial charge < -0.3 is 4.74 Å². The molecule has 0 saturated heterocycles. The van der Waals surface area contributed by atoms with E-state index in [1.165, 1.54) is 5.56 Å². The summed E-state index contributed by atoms with van der Waals surface area (Å²) in [5.41, 5.74) is 3.11. The lowest BCUT2D eigenvalue weighted by atomic mass is 10.1. The summed E-state index contributed by atoms with van der Waals surface area (Å²) in [4.78, 5) is 8.50. The van der Waals surface area contributed by atoms with Gasteiger partial charge in [0.2, 0.25) is 0 Å². The smallest absolute Gasteiger partial charge is 0.143 e. The number of hydrogen-bond donors (Lipinski definition) is 0. The first-order valence-corrected chi connectivity index (χ1v) is 6.37. The Morgan fingerprint density at radius 2 is 2.11 bits per heavy atom. The van der Waals surface area contributed by atoms with Crippen LogP contribution in [0.25, 0.3) is 11.3 Å². The number of methoxy groups -OCH3 is 1. The molecule has 94 valence electrons. The second-order valence-electron chi connectivity index (χ2n) is 3.87. The summed E-state index contributed by atoms with van der Waals surface area (Å²) < 4.78 is 5.32. The monoisotopic (exact) mass is 262 g/mol. The molecular weight excluding hydrogens is 248 g/mol. The maximum atomic E-state index is 5.75. The minimum Gasteiger partial charge on any atom is -0.496 e. The number of rotatable bonds is 4. The van der Waals surface area contributed by atoms with Crippen molar-refractivity contribution in [3.05, 3.63) is 41.9 Å². The van der Waals surface area contributed by atoms with Crippen LogP contribution in [-0.4, -0.2) is 17.1 Å². The third kappa shape index (κ3) is 2.62. The minimum atomic E-state index is 0.324. The van der Waals surface area contributed by atoms with Crippen LogP contribution in [0.2, 0.25) is 0 Å². The quantitative estimate of drug-likeness (QED) is 0.792. The van der Waals surface area contributed by atoms with Crippen molar-refractivity contribution in [2.75, 3.05) is 7.11 Å². The van der Waals surface area contributed by atoms with Gasteiger partial charge >= 0.3 is 0 Å². The second kappa shape index (κ2) is 5.83. The lowest BCUT2D eigenvalue weighted by Gasteiger charge is -2.09. The van der Waals surface area contributed by atoms with Gasteiger partial charge in [0.1, 0.15) is 11.6 Å². The van der Waals surface area contributed by atoms with E-state index in [0.29, 0.717) is 11.7 Å². The molecule has 0 fully saturated rings. The van der Waals surface area contributed by atoms with E-state index in [-0.39, 0.29) is 0 Å². The summed E-state index contributed by atoms with van der Waals surface area (Å²) in [5, 5.41) is 0. The molecule has 0 radical (unpaired) electrons. The van der Waals surface area contributed by atoms with Crippen molar-refractivity contribution < 1.29 is 4.74 Å². The Morgan fingerprint density at radius 1 is 1.28 bits per heavy atom. The Hall–Kier alpha value is -1.61. The summed E-state index contributed by atoms with van der Waals surface area (Å²) in [6.07, 6.45) is 2.65. The maximum absolute atomic E-state index is 5.75. The van der Waals surface area contributed by atoms with Gasteiger partial charge in [-0.15, -0.1) is 11.6 Å². The Balaban J connectivity index is 2.43. The number of ether oxygens (including phenoxy) is 1. The topological polar surface area (TPSA) is 35.0 Å². The van der Waals surface area contributed by atoms with E-state index < -0.39 is 0 Å². The first-order chi connectivity index (χ1) is 8.78. The Labute approximate surface area is 112 Å². The molecule has 0 unspecified atom stereocenters. The van der Waals surface area contributed by atoms with E-state index in [0.717, 1.165) is 23.4 Å². The molecule has 0 bridgehead atoms. The van der Waals surface area contributed by atoms with Gasteiger partial charge in [-0.05, 0) is 36.2 Å². The van der Waals surface area contributed by atoms with Crippen LogP contribution in [0.4, 0.5) is 0 Å². The molecule has 3 nitrogen and oxygen atoms in total. The zero-order valence-electron chi connectivity index (χ0n) is 10.5. The molecule has 0 atom stereocenters. The van der Waals surface area contributed by atoms with Crippen molar-refractivity contribution in [1.82, 2.24) is 9.97 Å². The number of hydrogen-bond acceptors (Lipinski definition) is 3. The SMILES string of the molecule is CCc1cc(-c2ccnc(CCl)n2)ccc1OC. The molecule has 2 rings (SSSR count). The number of nitrogens with zero attached hydrogens (tertiary/aromatic N) is 2. The molecule has 1 aromatic carbocycles. The van der Waals surface area contributed by atoms with E-state index in [2.05, 4.69) is 23.0 Å². The molecule has 4 heteroatoms. The first-order valence-electron chi connectivity index (χ1n) is 5.83. The van der Waals surface area contributed by atoms with Crippen LogP contribution in [0, 0.1) is 0 Å². The maximum Gasteiger partial charge on any atom is 0.143 e. The van der Waals surface area contributed by atoms with Gasteiger partial charge in [-0.3, -0.25) is 0 Å². The van der Waals surface area contributed by atoms with Gasteiger partial charge in [0.25, 0.3) is 0 Å². The Morgan fingerprint density at radius 3 is 2.78 bits per heavy atom. The fraction of sp³-hybridized carbons (Fsp3) is 0.286. The number of aryl methyl sites for hydroxylation is 1. The molecule has 1 heterocycles.